The van der Waals surface area contributed by atoms with Gasteiger partial charge in [0.05, 0.1) is 43.0 Å². The fourth-order valence-corrected chi connectivity index (χ4v) is 5.14. The van der Waals surface area contributed by atoms with Crippen molar-refractivity contribution in [1.29, 1.82) is 0 Å². The van der Waals surface area contributed by atoms with Gasteiger partial charge in [-0.05, 0) is 27.2 Å². The zero-order valence-corrected chi connectivity index (χ0v) is 28.7. The van der Waals surface area contributed by atoms with E-state index >= 15 is 0 Å². The lowest BCUT2D eigenvalue weighted by Crippen LogP contribution is -2.49. The number of hydrogen-bond acceptors (Lipinski definition) is 6. The van der Waals surface area contributed by atoms with Crippen molar-refractivity contribution in [2.75, 3.05) is 52.3 Å². The Bertz CT molecular complexity index is 636. The van der Waals surface area contributed by atoms with Crippen LogP contribution in [0.1, 0.15) is 156 Å². The molecule has 0 amide bonds. The molecule has 0 unspecified atom stereocenters. The summed E-state index contributed by atoms with van der Waals surface area (Å²) in [4.78, 5) is 11.9. The first-order valence-electron chi connectivity index (χ1n) is 17.1. The Balaban J connectivity index is 0. The van der Waals surface area contributed by atoms with E-state index in [1.807, 2.05) is 0 Å². The van der Waals surface area contributed by atoms with E-state index < -0.39 is 10.1 Å². The van der Waals surface area contributed by atoms with Crippen molar-refractivity contribution >= 4 is 16.1 Å². The summed E-state index contributed by atoms with van der Waals surface area (Å²) in [5, 5.41) is 0. The predicted octanol–water partition coefficient (Wildman–Crippen LogP) is 8.41. The topological polar surface area (TPSA) is 92.7 Å². The zero-order valence-electron chi connectivity index (χ0n) is 27.9. The van der Waals surface area contributed by atoms with Gasteiger partial charge in [0, 0.05) is 12.7 Å². The molecule has 0 aliphatic carbocycles. The van der Waals surface area contributed by atoms with Crippen LogP contribution in [-0.2, 0) is 24.4 Å². The lowest BCUT2D eigenvalue weighted by atomic mass is 10.0. The zero-order chi connectivity index (χ0) is 31.1. The Kier molecular flexibility index (Phi) is 31.8. The number of unbranched alkanes of at least 4 members (excludes halogenated alkanes) is 18. The first kappa shape index (κ1) is 42.4. The molecule has 0 aliphatic heterocycles. The largest absolute Gasteiger partial charge is 0.748 e. The molecule has 8 heteroatoms. The Morgan fingerprint density at radius 2 is 0.927 bits per heavy atom. The normalized spacial score (nSPS) is 11.8. The van der Waals surface area contributed by atoms with Crippen LogP contribution in [0.2, 0.25) is 0 Å². The van der Waals surface area contributed by atoms with Crippen molar-refractivity contribution < 1.29 is 31.7 Å². The summed E-state index contributed by atoms with van der Waals surface area (Å²) < 4.78 is 39.3. The number of hydrogen-bond donors (Lipinski definition) is 0. The minimum atomic E-state index is -3.92. The molecule has 0 N–H and O–H groups in total. The van der Waals surface area contributed by atoms with Crippen LogP contribution in [0, 0.1) is 0 Å². The first-order chi connectivity index (χ1) is 19.6. The number of nitrogens with zero attached hydrogens (tertiary/aromatic N) is 1. The van der Waals surface area contributed by atoms with E-state index in [4.69, 9.17) is 22.4 Å². The molecule has 0 aromatic rings. The van der Waals surface area contributed by atoms with Gasteiger partial charge in [-0.15, -0.1) is 0 Å². The van der Waals surface area contributed by atoms with E-state index in [1.54, 1.807) is 0 Å². The fourth-order valence-electron chi connectivity index (χ4n) is 5.14. The Hall–Kier alpha value is -0.700. The van der Waals surface area contributed by atoms with Crippen molar-refractivity contribution in [2.45, 2.75) is 156 Å². The third kappa shape index (κ3) is 35.4. The molecule has 0 fully saturated rings. The highest BCUT2D eigenvalue weighted by Crippen LogP contribution is 2.15. The summed E-state index contributed by atoms with van der Waals surface area (Å²) in [6.45, 7) is 15.1. The number of quaternary nitrogens is 1. The molecule has 0 rings (SSSR count). The number of esters is 1. The smallest absolute Gasteiger partial charge is 0.305 e. The molecule has 0 spiro atoms. The van der Waals surface area contributed by atoms with Crippen LogP contribution in [0.25, 0.3) is 0 Å². The van der Waals surface area contributed by atoms with E-state index in [9.17, 15) is 4.79 Å². The van der Waals surface area contributed by atoms with Gasteiger partial charge in [-0.25, -0.2) is 8.42 Å². The third-order valence-corrected chi connectivity index (χ3v) is 8.20. The van der Waals surface area contributed by atoms with Gasteiger partial charge in [-0.2, -0.15) is 0 Å². The fraction of sp³-hybridized carbons (Fsp3) is 0.970. The standard InChI is InChI=1S/C32H66NO3.CH4O3S/c1-5-9-10-11-12-13-14-15-16-17-18-19-20-21-22-23-24-25-26-27-32(34)36-31-30-35-29-28-33(6-2,7-3)8-4;1-5(2,3)4/h5-31H2,1-4H3;1H3,(H,2,3,4)/q+1;/p-1. The van der Waals surface area contributed by atoms with E-state index in [2.05, 4.69) is 27.7 Å². The second-order valence-electron chi connectivity index (χ2n) is 11.7. The minimum Gasteiger partial charge on any atom is -0.748 e. The van der Waals surface area contributed by atoms with Gasteiger partial charge in [-0.3, -0.25) is 4.79 Å². The van der Waals surface area contributed by atoms with Crippen molar-refractivity contribution in [1.82, 2.24) is 0 Å². The maximum Gasteiger partial charge on any atom is 0.305 e. The number of ether oxygens (including phenoxy) is 2. The minimum absolute atomic E-state index is 0.0635. The summed E-state index contributed by atoms with van der Waals surface area (Å²) >= 11 is 0. The van der Waals surface area contributed by atoms with Crippen LogP contribution in [0.3, 0.4) is 0 Å². The Morgan fingerprint density at radius 3 is 1.27 bits per heavy atom. The van der Waals surface area contributed by atoms with Crippen molar-refractivity contribution in [3.05, 3.63) is 0 Å². The van der Waals surface area contributed by atoms with Gasteiger partial charge in [0.15, 0.2) is 0 Å². The average molecular weight is 608 g/mol. The number of rotatable bonds is 29. The van der Waals surface area contributed by atoms with Gasteiger partial charge in [0.1, 0.15) is 13.2 Å². The highest BCUT2D eigenvalue weighted by atomic mass is 32.2. The van der Waals surface area contributed by atoms with Crippen molar-refractivity contribution in [2.24, 2.45) is 0 Å². The molecule has 248 valence electrons. The molecule has 7 nitrogen and oxygen atoms in total. The van der Waals surface area contributed by atoms with Gasteiger partial charge >= 0.3 is 5.97 Å². The van der Waals surface area contributed by atoms with Crippen LogP contribution in [0.5, 0.6) is 0 Å². The van der Waals surface area contributed by atoms with Crippen LogP contribution >= 0.6 is 0 Å². The van der Waals surface area contributed by atoms with Crippen LogP contribution < -0.4 is 0 Å². The average Bonchev–Trinajstić information content (AvgIpc) is 2.93. The van der Waals surface area contributed by atoms with E-state index in [0.717, 1.165) is 50.1 Å². The predicted molar refractivity (Wildman–Crippen MR) is 172 cm³/mol. The van der Waals surface area contributed by atoms with E-state index in [0.29, 0.717) is 25.9 Å². The van der Waals surface area contributed by atoms with Gasteiger partial charge in [0.25, 0.3) is 0 Å². The molecule has 0 saturated heterocycles. The molecule has 0 atom stereocenters. The molecule has 0 heterocycles. The number of likely N-dealkylation sites (N-methyl/N-ethyl adjacent to an activating group) is 1. The number of carbonyl (C=O) groups is 1. The van der Waals surface area contributed by atoms with E-state index in [-0.39, 0.29) is 5.97 Å². The van der Waals surface area contributed by atoms with Gasteiger partial charge < -0.3 is 18.5 Å². The number of carbonyl (C=O) groups excluding carboxylic acids is 1. The maximum atomic E-state index is 11.9. The third-order valence-electron chi connectivity index (χ3n) is 8.20. The lowest BCUT2D eigenvalue weighted by molar-refractivity contribution is -0.923. The highest BCUT2D eigenvalue weighted by Gasteiger charge is 2.19. The second kappa shape index (κ2) is 30.7. The summed E-state index contributed by atoms with van der Waals surface area (Å²) in [5.41, 5.74) is 0. The first-order valence-corrected chi connectivity index (χ1v) is 18.9. The molecule has 0 aromatic heterocycles. The molecule has 0 aliphatic rings. The summed E-state index contributed by atoms with van der Waals surface area (Å²) in [5.74, 6) is -0.0635. The molecule has 0 radical (unpaired) electrons. The molecular formula is C33H69NO6S. The summed E-state index contributed by atoms with van der Waals surface area (Å²) in [7, 11) is -3.92. The van der Waals surface area contributed by atoms with Crippen LogP contribution in [0.15, 0.2) is 0 Å². The Morgan fingerprint density at radius 1 is 0.585 bits per heavy atom. The van der Waals surface area contributed by atoms with Crippen LogP contribution in [-0.4, -0.2) is 75.7 Å². The van der Waals surface area contributed by atoms with Gasteiger partial charge in [-0.1, -0.05) is 122 Å². The Labute approximate surface area is 255 Å². The maximum absolute atomic E-state index is 11.9. The molecular weight excluding hydrogens is 538 g/mol. The van der Waals surface area contributed by atoms with Crippen molar-refractivity contribution in [3.8, 4) is 0 Å². The quantitative estimate of drug-likeness (QED) is 0.0367. The second-order valence-corrected chi connectivity index (χ2v) is 13.1. The monoisotopic (exact) mass is 607 g/mol. The van der Waals surface area contributed by atoms with Crippen LogP contribution in [0.4, 0.5) is 0 Å². The summed E-state index contributed by atoms with van der Waals surface area (Å²) in [6.07, 6.45) is 27.2. The molecule has 0 saturated carbocycles. The molecule has 0 aromatic carbocycles. The van der Waals surface area contributed by atoms with Gasteiger partial charge in [0.2, 0.25) is 0 Å². The lowest BCUT2D eigenvalue weighted by Gasteiger charge is -2.35. The highest BCUT2D eigenvalue weighted by molar-refractivity contribution is 7.84. The molecule has 0 bridgehead atoms. The molecule has 41 heavy (non-hydrogen) atoms. The van der Waals surface area contributed by atoms with E-state index in [1.165, 1.54) is 109 Å². The van der Waals surface area contributed by atoms with Crippen molar-refractivity contribution in [3.63, 3.8) is 0 Å². The SMILES string of the molecule is CCCCCCCCCCCCCCCCCCCCCC(=O)OCCOCC[N+](CC)(CC)CC.CS(=O)(=O)[O-]. The summed E-state index contributed by atoms with van der Waals surface area (Å²) in [6, 6.07) is 0.